The van der Waals surface area contributed by atoms with E-state index in [-0.39, 0.29) is 18.7 Å². The topological polar surface area (TPSA) is 85.1 Å². The van der Waals surface area contributed by atoms with Crippen molar-refractivity contribution in [2.24, 2.45) is 5.73 Å². The van der Waals surface area contributed by atoms with Crippen LogP contribution < -0.4 is 11.1 Å². The molecule has 0 spiro atoms. The molecule has 1 atom stereocenters. The van der Waals surface area contributed by atoms with E-state index in [1.165, 1.54) is 0 Å². The Morgan fingerprint density at radius 3 is 2.45 bits per heavy atom. The Bertz CT molecular complexity index is 644. The van der Waals surface area contributed by atoms with Crippen molar-refractivity contribution in [3.8, 4) is 0 Å². The molecule has 114 valence electrons. The summed E-state index contributed by atoms with van der Waals surface area (Å²) in [5.41, 5.74) is 7.00. The van der Waals surface area contributed by atoms with E-state index in [0.717, 1.165) is 11.1 Å². The number of hydrogen-bond acceptors (Lipinski definition) is 3. The average molecular weight is 318 g/mol. The van der Waals surface area contributed by atoms with Crippen LogP contribution in [-0.2, 0) is 22.4 Å². The molecule has 2 amide bonds. The number of nitrogens with zero attached hydrogens (tertiary/aromatic N) is 1. The standard InChI is InChI=1S/C16H16ClN3O2/c17-14-7-6-12(10-19-14)8-13(16(18)22)20-15(21)9-11-4-2-1-3-5-11/h1-7,10,13H,8-9H2,(H2,18,22)(H,20,21)/t13-/m1/s1. The Labute approximate surface area is 133 Å². The normalized spacial score (nSPS) is 11.7. The number of rotatable bonds is 6. The summed E-state index contributed by atoms with van der Waals surface area (Å²) in [5.74, 6) is -0.840. The van der Waals surface area contributed by atoms with E-state index < -0.39 is 11.9 Å². The third kappa shape index (κ3) is 4.86. The second kappa shape index (κ2) is 7.56. The van der Waals surface area contributed by atoms with Crippen LogP contribution in [0.15, 0.2) is 48.7 Å². The van der Waals surface area contributed by atoms with Gasteiger partial charge in [-0.2, -0.15) is 0 Å². The van der Waals surface area contributed by atoms with Gasteiger partial charge in [0.05, 0.1) is 6.42 Å². The zero-order valence-electron chi connectivity index (χ0n) is 11.8. The maximum Gasteiger partial charge on any atom is 0.240 e. The van der Waals surface area contributed by atoms with Crippen molar-refractivity contribution in [3.63, 3.8) is 0 Å². The molecule has 6 heteroatoms. The lowest BCUT2D eigenvalue weighted by molar-refractivity contribution is -0.127. The number of amides is 2. The second-order valence-electron chi connectivity index (χ2n) is 4.88. The number of carbonyl (C=O) groups excluding carboxylic acids is 2. The van der Waals surface area contributed by atoms with Crippen LogP contribution in [0.25, 0.3) is 0 Å². The molecule has 0 saturated carbocycles. The lowest BCUT2D eigenvalue weighted by atomic mass is 10.1. The average Bonchev–Trinajstić information content (AvgIpc) is 2.49. The maximum atomic E-state index is 12.0. The Hall–Kier alpha value is -2.40. The van der Waals surface area contributed by atoms with Crippen molar-refractivity contribution >= 4 is 23.4 Å². The number of pyridine rings is 1. The van der Waals surface area contributed by atoms with Crippen LogP contribution in [0, 0.1) is 0 Å². The summed E-state index contributed by atoms with van der Waals surface area (Å²) in [4.78, 5) is 27.5. The molecule has 0 radical (unpaired) electrons. The van der Waals surface area contributed by atoms with E-state index in [0.29, 0.717) is 5.15 Å². The first-order valence-electron chi connectivity index (χ1n) is 6.77. The zero-order chi connectivity index (χ0) is 15.9. The summed E-state index contributed by atoms with van der Waals surface area (Å²) >= 11 is 5.71. The predicted molar refractivity (Wildman–Crippen MR) is 84.2 cm³/mol. The van der Waals surface area contributed by atoms with E-state index in [9.17, 15) is 9.59 Å². The number of hydrogen-bond donors (Lipinski definition) is 2. The molecule has 1 aromatic heterocycles. The van der Waals surface area contributed by atoms with Crippen LogP contribution in [-0.4, -0.2) is 22.8 Å². The van der Waals surface area contributed by atoms with E-state index in [1.807, 2.05) is 30.3 Å². The Morgan fingerprint density at radius 2 is 1.86 bits per heavy atom. The fourth-order valence-electron chi connectivity index (χ4n) is 2.01. The smallest absolute Gasteiger partial charge is 0.240 e. The van der Waals surface area contributed by atoms with Gasteiger partial charge in [-0.15, -0.1) is 0 Å². The maximum absolute atomic E-state index is 12.0. The van der Waals surface area contributed by atoms with Gasteiger partial charge in [-0.25, -0.2) is 4.98 Å². The molecule has 2 rings (SSSR count). The zero-order valence-corrected chi connectivity index (χ0v) is 12.6. The van der Waals surface area contributed by atoms with Gasteiger partial charge in [0.25, 0.3) is 0 Å². The molecule has 1 heterocycles. The summed E-state index contributed by atoms with van der Waals surface area (Å²) in [7, 11) is 0. The van der Waals surface area contributed by atoms with Crippen LogP contribution in [0.5, 0.6) is 0 Å². The molecular weight excluding hydrogens is 302 g/mol. The van der Waals surface area contributed by atoms with Crippen molar-refractivity contribution in [3.05, 3.63) is 64.9 Å². The third-order valence-electron chi connectivity index (χ3n) is 3.11. The number of nitrogens with one attached hydrogen (secondary N) is 1. The Balaban J connectivity index is 1.98. The Morgan fingerprint density at radius 1 is 1.14 bits per heavy atom. The Kier molecular flexibility index (Phi) is 5.49. The van der Waals surface area contributed by atoms with E-state index >= 15 is 0 Å². The minimum Gasteiger partial charge on any atom is -0.368 e. The molecule has 0 aliphatic heterocycles. The summed E-state index contributed by atoms with van der Waals surface area (Å²) in [5, 5.41) is 3.02. The molecule has 5 nitrogen and oxygen atoms in total. The van der Waals surface area contributed by atoms with Crippen molar-refractivity contribution in [2.75, 3.05) is 0 Å². The molecule has 0 aliphatic carbocycles. The molecule has 0 fully saturated rings. The fraction of sp³-hybridized carbons (Fsp3) is 0.188. The van der Waals surface area contributed by atoms with Crippen LogP contribution in [0.3, 0.4) is 0 Å². The van der Waals surface area contributed by atoms with Crippen molar-refractivity contribution in [1.82, 2.24) is 10.3 Å². The van der Waals surface area contributed by atoms with Gasteiger partial charge in [0.2, 0.25) is 11.8 Å². The van der Waals surface area contributed by atoms with Gasteiger partial charge in [-0.05, 0) is 17.2 Å². The number of primary amides is 1. The largest absolute Gasteiger partial charge is 0.368 e. The first-order chi connectivity index (χ1) is 10.5. The highest BCUT2D eigenvalue weighted by Gasteiger charge is 2.18. The van der Waals surface area contributed by atoms with Crippen LogP contribution in [0.4, 0.5) is 0 Å². The van der Waals surface area contributed by atoms with Gasteiger partial charge < -0.3 is 11.1 Å². The number of carbonyl (C=O) groups is 2. The number of benzene rings is 1. The van der Waals surface area contributed by atoms with E-state index in [1.54, 1.807) is 18.3 Å². The van der Waals surface area contributed by atoms with Gasteiger partial charge >= 0.3 is 0 Å². The SMILES string of the molecule is NC(=O)[C@@H](Cc1ccc(Cl)nc1)NC(=O)Cc1ccccc1. The van der Waals surface area contributed by atoms with E-state index in [2.05, 4.69) is 10.3 Å². The van der Waals surface area contributed by atoms with Gasteiger partial charge in [0, 0.05) is 12.6 Å². The second-order valence-corrected chi connectivity index (χ2v) is 5.27. The molecular formula is C16H16ClN3O2. The monoisotopic (exact) mass is 317 g/mol. The molecule has 0 saturated heterocycles. The van der Waals surface area contributed by atoms with Crippen molar-refractivity contribution in [2.45, 2.75) is 18.9 Å². The summed E-state index contributed by atoms with van der Waals surface area (Å²) in [6.07, 6.45) is 2.03. The molecule has 2 aromatic rings. The predicted octanol–water partition coefficient (Wildman–Crippen LogP) is 1.49. The van der Waals surface area contributed by atoms with E-state index in [4.69, 9.17) is 17.3 Å². The molecule has 3 N–H and O–H groups in total. The number of halogens is 1. The lowest BCUT2D eigenvalue weighted by Crippen LogP contribution is -2.46. The quantitative estimate of drug-likeness (QED) is 0.792. The van der Waals surface area contributed by atoms with Crippen molar-refractivity contribution in [1.29, 1.82) is 0 Å². The van der Waals surface area contributed by atoms with Crippen LogP contribution >= 0.6 is 11.6 Å². The molecule has 22 heavy (non-hydrogen) atoms. The van der Waals surface area contributed by atoms with Gasteiger partial charge in [-0.1, -0.05) is 48.0 Å². The fourth-order valence-corrected chi connectivity index (χ4v) is 2.12. The molecule has 0 bridgehead atoms. The number of nitrogens with two attached hydrogens (primary N) is 1. The van der Waals surface area contributed by atoms with Crippen LogP contribution in [0.2, 0.25) is 5.15 Å². The van der Waals surface area contributed by atoms with Gasteiger partial charge in [0.1, 0.15) is 11.2 Å². The lowest BCUT2D eigenvalue weighted by Gasteiger charge is -2.15. The minimum absolute atomic E-state index is 0.198. The molecule has 0 aliphatic rings. The van der Waals surface area contributed by atoms with Crippen LogP contribution in [0.1, 0.15) is 11.1 Å². The third-order valence-corrected chi connectivity index (χ3v) is 3.34. The number of aromatic nitrogens is 1. The molecule has 1 aromatic carbocycles. The van der Waals surface area contributed by atoms with Gasteiger partial charge in [0.15, 0.2) is 0 Å². The van der Waals surface area contributed by atoms with Crippen molar-refractivity contribution < 1.29 is 9.59 Å². The summed E-state index contributed by atoms with van der Waals surface area (Å²) in [6, 6.07) is 11.9. The molecule has 0 unspecified atom stereocenters. The highest BCUT2D eigenvalue weighted by Crippen LogP contribution is 2.08. The summed E-state index contributed by atoms with van der Waals surface area (Å²) in [6.45, 7) is 0. The minimum atomic E-state index is -0.779. The highest BCUT2D eigenvalue weighted by molar-refractivity contribution is 6.29. The first-order valence-corrected chi connectivity index (χ1v) is 7.15. The highest BCUT2D eigenvalue weighted by atomic mass is 35.5. The van der Waals surface area contributed by atoms with Gasteiger partial charge in [-0.3, -0.25) is 9.59 Å². The summed E-state index contributed by atoms with van der Waals surface area (Å²) < 4.78 is 0. The first kappa shape index (κ1) is 16.0.